The largest absolute Gasteiger partial charge is 0.478 e. The van der Waals surface area contributed by atoms with E-state index in [1.54, 1.807) is 48.5 Å². The molecule has 0 aliphatic carbocycles. The number of carboxylic acids is 1. The molecule has 0 fully saturated rings. The van der Waals surface area contributed by atoms with Crippen molar-refractivity contribution in [2.45, 2.75) is 0 Å². The molecule has 0 spiro atoms. The van der Waals surface area contributed by atoms with Crippen LogP contribution in [0.2, 0.25) is 5.02 Å². The van der Waals surface area contributed by atoms with E-state index in [0.29, 0.717) is 22.0 Å². The third kappa shape index (κ3) is 4.29. The molecule has 1 heterocycles. The highest BCUT2D eigenvalue weighted by Crippen LogP contribution is 2.25. The van der Waals surface area contributed by atoms with Gasteiger partial charge in [0.1, 0.15) is 23.2 Å². The third-order valence-corrected chi connectivity index (χ3v) is 4.12. The summed E-state index contributed by atoms with van der Waals surface area (Å²) in [6.07, 6.45) is 1.30. The summed E-state index contributed by atoms with van der Waals surface area (Å²) < 4.78 is 5.63. The molecule has 0 saturated heterocycles. The maximum atomic E-state index is 12.3. The minimum atomic E-state index is -1.04. The number of carbonyl (C=O) groups is 2. The number of amides is 1. The number of nitriles is 1. The Bertz CT molecular complexity index is 1130. The fourth-order valence-corrected chi connectivity index (χ4v) is 2.62. The Morgan fingerprint density at radius 3 is 2.61 bits per heavy atom. The Labute approximate surface area is 165 Å². The van der Waals surface area contributed by atoms with Gasteiger partial charge < -0.3 is 14.8 Å². The van der Waals surface area contributed by atoms with Crippen LogP contribution in [0.5, 0.6) is 0 Å². The van der Waals surface area contributed by atoms with Gasteiger partial charge in [-0.1, -0.05) is 35.9 Å². The zero-order valence-corrected chi connectivity index (χ0v) is 15.1. The van der Waals surface area contributed by atoms with Crippen LogP contribution in [0.3, 0.4) is 0 Å². The topological polar surface area (TPSA) is 103 Å². The molecule has 2 N–H and O–H groups in total. The number of nitrogens with one attached hydrogen (secondary N) is 1. The van der Waals surface area contributed by atoms with Crippen molar-refractivity contribution < 1.29 is 19.1 Å². The van der Waals surface area contributed by atoms with Crippen molar-refractivity contribution in [3.8, 4) is 17.4 Å². The number of rotatable bonds is 5. The first-order valence-electron chi connectivity index (χ1n) is 8.09. The average molecular weight is 393 g/mol. The van der Waals surface area contributed by atoms with Gasteiger partial charge in [-0.15, -0.1) is 0 Å². The fraction of sp³-hybridized carbons (Fsp3) is 0. The fourth-order valence-electron chi connectivity index (χ4n) is 2.43. The normalized spacial score (nSPS) is 10.9. The van der Waals surface area contributed by atoms with E-state index in [9.17, 15) is 14.9 Å². The van der Waals surface area contributed by atoms with E-state index in [2.05, 4.69) is 5.32 Å². The van der Waals surface area contributed by atoms with Crippen LogP contribution in [0.15, 0.2) is 70.7 Å². The van der Waals surface area contributed by atoms with Crippen LogP contribution < -0.4 is 5.32 Å². The summed E-state index contributed by atoms with van der Waals surface area (Å²) >= 11 is 6.01. The zero-order chi connectivity index (χ0) is 20.1. The molecule has 0 atom stereocenters. The maximum absolute atomic E-state index is 12.3. The lowest BCUT2D eigenvalue weighted by Gasteiger charge is -2.05. The van der Waals surface area contributed by atoms with E-state index < -0.39 is 11.9 Å². The zero-order valence-electron chi connectivity index (χ0n) is 14.3. The molecule has 0 bridgehead atoms. The highest BCUT2D eigenvalue weighted by Gasteiger charge is 2.13. The number of halogens is 1. The van der Waals surface area contributed by atoms with Crippen LogP contribution in [0.25, 0.3) is 17.4 Å². The van der Waals surface area contributed by atoms with Gasteiger partial charge in [-0.3, -0.25) is 4.79 Å². The van der Waals surface area contributed by atoms with Crippen LogP contribution in [0.1, 0.15) is 16.1 Å². The van der Waals surface area contributed by atoms with Gasteiger partial charge >= 0.3 is 5.97 Å². The van der Waals surface area contributed by atoms with E-state index in [-0.39, 0.29) is 16.9 Å². The number of carboxylic acid groups (broad SMARTS) is 1. The minimum absolute atomic E-state index is 0.128. The summed E-state index contributed by atoms with van der Waals surface area (Å²) in [5.74, 6) is -0.974. The summed E-state index contributed by atoms with van der Waals surface area (Å²) in [6, 6.07) is 18.0. The van der Waals surface area contributed by atoms with Gasteiger partial charge in [-0.25, -0.2) is 4.79 Å². The van der Waals surface area contributed by atoms with Crippen LogP contribution in [0, 0.1) is 11.3 Å². The van der Waals surface area contributed by atoms with Crippen LogP contribution in [0.4, 0.5) is 5.69 Å². The van der Waals surface area contributed by atoms with Crippen molar-refractivity contribution in [1.82, 2.24) is 0 Å². The lowest BCUT2D eigenvalue weighted by atomic mass is 10.1. The Morgan fingerprint density at radius 2 is 1.89 bits per heavy atom. The maximum Gasteiger partial charge on any atom is 0.335 e. The molecular weight excluding hydrogens is 380 g/mol. The Morgan fingerprint density at radius 1 is 1.11 bits per heavy atom. The van der Waals surface area contributed by atoms with Crippen molar-refractivity contribution in [2.75, 3.05) is 5.32 Å². The number of furan rings is 1. The number of aromatic carboxylic acids is 1. The molecule has 7 heteroatoms. The van der Waals surface area contributed by atoms with Crippen LogP contribution in [-0.4, -0.2) is 17.0 Å². The first-order valence-corrected chi connectivity index (χ1v) is 8.47. The van der Waals surface area contributed by atoms with Crippen molar-refractivity contribution in [2.24, 2.45) is 0 Å². The molecule has 138 valence electrons. The van der Waals surface area contributed by atoms with Gasteiger partial charge in [0.15, 0.2) is 0 Å². The number of anilines is 1. The van der Waals surface area contributed by atoms with Crippen LogP contribution in [-0.2, 0) is 4.79 Å². The summed E-state index contributed by atoms with van der Waals surface area (Å²) in [5, 5.41) is 21.3. The molecule has 3 aromatic rings. The number of para-hydroxylation sites is 1. The summed E-state index contributed by atoms with van der Waals surface area (Å²) in [6.45, 7) is 0. The van der Waals surface area contributed by atoms with Gasteiger partial charge in [0.2, 0.25) is 0 Å². The molecule has 0 aliphatic heterocycles. The summed E-state index contributed by atoms with van der Waals surface area (Å²) in [4.78, 5) is 23.4. The van der Waals surface area contributed by atoms with Crippen LogP contribution >= 0.6 is 11.6 Å². The van der Waals surface area contributed by atoms with Crippen molar-refractivity contribution >= 4 is 35.2 Å². The van der Waals surface area contributed by atoms with Gasteiger partial charge in [-0.2, -0.15) is 5.26 Å². The molecule has 1 aromatic heterocycles. The first-order chi connectivity index (χ1) is 13.5. The molecule has 2 aromatic carbocycles. The van der Waals surface area contributed by atoms with Crippen molar-refractivity contribution in [3.63, 3.8) is 0 Å². The molecule has 28 heavy (non-hydrogen) atoms. The van der Waals surface area contributed by atoms with E-state index in [1.165, 1.54) is 18.2 Å². The predicted molar refractivity (Wildman–Crippen MR) is 105 cm³/mol. The van der Waals surface area contributed by atoms with Crippen molar-refractivity contribution in [3.05, 3.63) is 82.6 Å². The molecule has 6 nitrogen and oxygen atoms in total. The van der Waals surface area contributed by atoms with E-state index >= 15 is 0 Å². The highest BCUT2D eigenvalue weighted by atomic mass is 35.5. The number of hydrogen-bond acceptors (Lipinski definition) is 4. The Kier molecular flexibility index (Phi) is 5.58. The molecule has 1 amide bonds. The van der Waals surface area contributed by atoms with Gasteiger partial charge in [0.25, 0.3) is 5.91 Å². The number of benzene rings is 2. The Hall–Kier alpha value is -3.82. The lowest BCUT2D eigenvalue weighted by Crippen LogP contribution is -2.13. The monoisotopic (exact) mass is 392 g/mol. The first kappa shape index (κ1) is 19.0. The van der Waals surface area contributed by atoms with Gasteiger partial charge in [0, 0.05) is 11.6 Å². The number of nitrogens with zero attached hydrogens (tertiary/aromatic N) is 1. The molecular formula is C21H13ClN2O4. The average Bonchev–Trinajstić information content (AvgIpc) is 3.16. The number of carbonyl (C=O) groups excluding carboxylic acids is 1. The smallest absolute Gasteiger partial charge is 0.335 e. The quantitative estimate of drug-likeness (QED) is 0.477. The second-order valence-corrected chi connectivity index (χ2v) is 6.10. The van der Waals surface area contributed by atoms with E-state index in [4.69, 9.17) is 21.1 Å². The van der Waals surface area contributed by atoms with Crippen molar-refractivity contribution in [1.29, 1.82) is 5.26 Å². The lowest BCUT2D eigenvalue weighted by molar-refractivity contribution is -0.112. The molecule has 0 saturated carbocycles. The predicted octanol–water partition coefficient (Wildman–Crippen LogP) is 4.84. The van der Waals surface area contributed by atoms with E-state index in [0.717, 1.165) is 0 Å². The highest BCUT2D eigenvalue weighted by molar-refractivity contribution is 6.34. The summed E-state index contributed by atoms with van der Waals surface area (Å²) in [5.41, 5.74) is 0.919. The number of hydrogen-bond donors (Lipinski definition) is 2. The van der Waals surface area contributed by atoms with Gasteiger partial charge in [0.05, 0.1) is 16.3 Å². The molecule has 0 radical (unpaired) electrons. The van der Waals surface area contributed by atoms with Gasteiger partial charge in [-0.05, 0) is 36.4 Å². The standard InChI is InChI=1S/C21H13ClN2O4/c22-17-6-1-2-7-18(17)24-20(25)15(12-23)11-16-8-9-19(28-16)13-4-3-5-14(10-13)21(26)27/h1-11H,(H,24,25)(H,26,27)/b15-11+. The molecule has 0 aliphatic rings. The molecule has 0 unspecified atom stereocenters. The minimum Gasteiger partial charge on any atom is -0.478 e. The second-order valence-electron chi connectivity index (χ2n) is 5.69. The SMILES string of the molecule is N#C/C(=C\c1ccc(-c2cccc(C(=O)O)c2)o1)C(=O)Nc1ccccc1Cl. The summed E-state index contributed by atoms with van der Waals surface area (Å²) in [7, 11) is 0. The second kappa shape index (κ2) is 8.25. The third-order valence-electron chi connectivity index (χ3n) is 3.79. The molecule has 3 rings (SSSR count). The Balaban J connectivity index is 1.83. The van der Waals surface area contributed by atoms with E-state index in [1.807, 2.05) is 6.07 Å².